The summed E-state index contributed by atoms with van der Waals surface area (Å²) in [7, 11) is 1.73. The second-order valence-electron chi connectivity index (χ2n) is 5.59. The topological polar surface area (TPSA) is 85.8 Å². The fourth-order valence-electron chi connectivity index (χ4n) is 2.82. The molecule has 0 aromatic heterocycles. The van der Waals surface area contributed by atoms with Crippen molar-refractivity contribution in [2.24, 2.45) is 10.9 Å². The van der Waals surface area contributed by atoms with Crippen molar-refractivity contribution in [3.05, 3.63) is 0 Å². The van der Waals surface area contributed by atoms with Crippen LogP contribution in [-0.2, 0) is 4.79 Å². The summed E-state index contributed by atoms with van der Waals surface area (Å²) >= 11 is 0. The molecule has 0 aromatic carbocycles. The van der Waals surface area contributed by atoms with Crippen molar-refractivity contribution in [2.45, 2.75) is 32.1 Å². The van der Waals surface area contributed by atoms with Crippen LogP contribution in [0.2, 0.25) is 0 Å². The zero-order valence-corrected chi connectivity index (χ0v) is 12.7. The van der Waals surface area contributed by atoms with E-state index in [1.54, 1.807) is 7.05 Å². The normalized spacial score (nSPS) is 20.6. The van der Waals surface area contributed by atoms with Gasteiger partial charge in [0.25, 0.3) is 0 Å². The number of amides is 3. The lowest BCUT2D eigenvalue weighted by atomic mass is 9.89. The third kappa shape index (κ3) is 4.61. The van der Waals surface area contributed by atoms with E-state index in [-0.39, 0.29) is 18.5 Å². The molecule has 0 aromatic rings. The highest BCUT2D eigenvalue weighted by Gasteiger charge is 2.27. The SMILES string of the molecule is CN=C(NCCN1C(=O)CNC1=O)NCC1CCCCC1. The Labute approximate surface area is 125 Å². The Morgan fingerprint density at radius 2 is 2.05 bits per heavy atom. The molecule has 3 N–H and O–H groups in total. The molecule has 2 rings (SSSR count). The number of nitrogens with zero attached hydrogens (tertiary/aromatic N) is 2. The van der Waals surface area contributed by atoms with Crippen LogP contribution in [0.5, 0.6) is 0 Å². The van der Waals surface area contributed by atoms with Crippen LogP contribution < -0.4 is 16.0 Å². The molecule has 21 heavy (non-hydrogen) atoms. The Hall–Kier alpha value is -1.79. The highest BCUT2D eigenvalue weighted by molar-refractivity contribution is 6.01. The number of carbonyl (C=O) groups is 2. The largest absolute Gasteiger partial charge is 0.356 e. The molecule has 0 unspecified atom stereocenters. The molecule has 118 valence electrons. The zero-order chi connectivity index (χ0) is 15.1. The highest BCUT2D eigenvalue weighted by Crippen LogP contribution is 2.22. The summed E-state index contributed by atoms with van der Waals surface area (Å²) in [6.45, 7) is 1.90. The second-order valence-corrected chi connectivity index (χ2v) is 5.59. The quantitative estimate of drug-likeness (QED) is 0.386. The lowest BCUT2D eigenvalue weighted by Gasteiger charge is -2.23. The van der Waals surface area contributed by atoms with Crippen LogP contribution in [0.4, 0.5) is 4.79 Å². The van der Waals surface area contributed by atoms with Crippen molar-refractivity contribution >= 4 is 17.9 Å². The predicted molar refractivity (Wildman–Crippen MR) is 81.1 cm³/mol. The van der Waals surface area contributed by atoms with Crippen molar-refractivity contribution < 1.29 is 9.59 Å². The van der Waals surface area contributed by atoms with E-state index in [0.717, 1.165) is 18.4 Å². The fraction of sp³-hybridized carbons (Fsp3) is 0.786. The number of hydrogen-bond acceptors (Lipinski definition) is 3. The molecule has 7 heteroatoms. The van der Waals surface area contributed by atoms with E-state index >= 15 is 0 Å². The summed E-state index contributed by atoms with van der Waals surface area (Å²) in [5.74, 6) is 1.28. The van der Waals surface area contributed by atoms with Gasteiger partial charge in [-0.1, -0.05) is 19.3 Å². The van der Waals surface area contributed by atoms with E-state index in [2.05, 4.69) is 20.9 Å². The molecule has 2 fully saturated rings. The van der Waals surface area contributed by atoms with Crippen LogP contribution in [0.15, 0.2) is 4.99 Å². The Bertz CT molecular complexity index is 388. The van der Waals surface area contributed by atoms with E-state index in [9.17, 15) is 9.59 Å². The lowest BCUT2D eigenvalue weighted by molar-refractivity contribution is -0.124. The first kappa shape index (κ1) is 15.6. The molecule has 3 amide bonds. The number of rotatable bonds is 5. The van der Waals surface area contributed by atoms with Crippen molar-refractivity contribution in [1.82, 2.24) is 20.9 Å². The number of aliphatic imine (C=N–C) groups is 1. The molecule has 1 saturated carbocycles. The molecule has 0 atom stereocenters. The van der Waals surface area contributed by atoms with E-state index in [4.69, 9.17) is 0 Å². The molecule has 2 aliphatic rings. The summed E-state index contributed by atoms with van der Waals surface area (Å²) in [5.41, 5.74) is 0. The number of hydrogen-bond donors (Lipinski definition) is 3. The van der Waals surface area contributed by atoms with Gasteiger partial charge in [-0.2, -0.15) is 0 Å². The van der Waals surface area contributed by atoms with Gasteiger partial charge in [-0.05, 0) is 18.8 Å². The number of guanidine groups is 1. The van der Waals surface area contributed by atoms with Gasteiger partial charge in [0.1, 0.15) is 0 Å². The van der Waals surface area contributed by atoms with Gasteiger partial charge in [-0.3, -0.25) is 14.7 Å². The average Bonchev–Trinajstić information content (AvgIpc) is 2.83. The summed E-state index contributed by atoms with van der Waals surface area (Å²) in [5, 5.41) is 8.97. The Morgan fingerprint density at radius 1 is 1.29 bits per heavy atom. The van der Waals surface area contributed by atoms with E-state index in [1.165, 1.54) is 37.0 Å². The van der Waals surface area contributed by atoms with Gasteiger partial charge in [0.2, 0.25) is 5.91 Å². The lowest BCUT2D eigenvalue weighted by Crippen LogP contribution is -2.44. The first-order valence-electron chi connectivity index (χ1n) is 7.73. The second kappa shape index (κ2) is 7.85. The Balaban J connectivity index is 1.65. The number of carbonyl (C=O) groups excluding carboxylic acids is 2. The van der Waals surface area contributed by atoms with Crippen molar-refractivity contribution in [3.8, 4) is 0 Å². The minimum Gasteiger partial charge on any atom is -0.356 e. The van der Waals surface area contributed by atoms with Crippen molar-refractivity contribution in [3.63, 3.8) is 0 Å². The number of imide groups is 1. The van der Waals surface area contributed by atoms with Gasteiger partial charge in [0, 0.05) is 26.7 Å². The third-order valence-electron chi connectivity index (χ3n) is 4.07. The van der Waals surface area contributed by atoms with Gasteiger partial charge in [-0.25, -0.2) is 4.79 Å². The van der Waals surface area contributed by atoms with E-state index in [0.29, 0.717) is 13.1 Å². The Morgan fingerprint density at radius 3 is 2.67 bits per heavy atom. The minimum atomic E-state index is -0.313. The van der Waals surface area contributed by atoms with Gasteiger partial charge >= 0.3 is 6.03 Å². The van der Waals surface area contributed by atoms with Crippen LogP contribution in [0.25, 0.3) is 0 Å². The zero-order valence-electron chi connectivity index (χ0n) is 12.7. The molecular weight excluding hydrogens is 270 g/mol. The van der Waals surface area contributed by atoms with Crippen LogP contribution in [0.1, 0.15) is 32.1 Å². The first-order valence-corrected chi connectivity index (χ1v) is 7.73. The molecule has 0 spiro atoms. The highest BCUT2D eigenvalue weighted by atomic mass is 16.2. The number of nitrogens with one attached hydrogen (secondary N) is 3. The maximum atomic E-state index is 11.4. The average molecular weight is 295 g/mol. The number of urea groups is 1. The predicted octanol–water partition coefficient (Wildman–Crippen LogP) is 0.284. The molecular formula is C14H25N5O2. The standard InChI is InChI=1S/C14H25N5O2/c1-15-13(17-9-11-5-3-2-4-6-11)16-7-8-19-12(20)10-18-14(19)21/h11H,2-10H2,1H3,(H,18,21)(H2,15,16,17). The molecule has 1 aliphatic carbocycles. The molecule has 0 radical (unpaired) electrons. The van der Waals surface area contributed by atoms with Gasteiger partial charge in [0.05, 0.1) is 6.54 Å². The fourth-order valence-corrected chi connectivity index (χ4v) is 2.82. The van der Waals surface area contributed by atoms with Crippen LogP contribution in [0, 0.1) is 5.92 Å². The molecule has 1 heterocycles. The van der Waals surface area contributed by atoms with Gasteiger partial charge in [-0.15, -0.1) is 0 Å². The van der Waals surface area contributed by atoms with E-state index < -0.39 is 0 Å². The molecule has 1 aliphatic heterocycles. The summed E-state index contributed by atoms with van der Waals surface area (Å²) in [4.78, 5) is 28.2. The minimum absolute atomic E-state index is 0.105. The van der Waals surface area contributed by atoms with Crippen LogP contribution in [0.3, 0.4) is 0 Å². The van der Waals surface area contributed by atoms with Gasteiger partial charge < -0.3 is 16.0 Å². The van der Waals surface area contributed by atoms with Gasteiger partial charge in [0.15, 0.2) is 5.96 Å². The third-order valence-corrected chi connectivity index (χ3v) is 4.07. The monoisotopic (exact) mass is 295 g/mol. The first-order chi connectivity index (χ1) is 10.2. The van der Waals surface area contributed by atoms with E-state index in [1.807, 2.05) is 0 Å². The molecule has 1 saturated heterocycles. The molecule has 0 bridgehead atoms. The summed E-state index contributed by atoms with van der Waals surface area (Å²) < 4.78 is 0. The summed E-state index contributed by atoms with van der Waals surface area (Å²) in [6, 6.07) is -0.313. The maximum absolute atomic E-state index is 11.4. The Kier molecular flexibility index (Phi) is 5.83. The van der Waals surface area contributed by atoms with Crippen molar-refractivity contribution in [2.75, 3.05) is 33.2 Å². The maximum Gasteiger partial charge on any atom is 0.324 e. The van der Waals surface area contributed by atoms with Crippen molar-refractivity contribution in [1.29, 1.82) is 0 Å². The molecule has 7 nitrogen and oxygen atoms in total. The summed E-state index contributed by atoms with van der Waals surface area (Å²) in [6.07, 6.45) is 6.57. The smallest absolute Gasteiger partial charge is 0.324 e. The van der Waals surface area contributed by atoms with Crippen LogP contribution in [-0.4, -0.2) is 56.0 Å². The van der Waals surface area contributed by atoms with Crippen LogP contribution >= 0.6 is 0 Å².